The van der Waals surface area contributed by atoms with E-state index in [4.69, 9.17) is 5.73 Å². The molecule has 0 spiro atoms. The Labute approximate surface area is 153 Å². The van der Waals surface area contributed by atoms with Gasteiger partial charge in [-0.25, -0.2) is 4.79 Å². The zero-order chi connectivity index (χ0) is 18.7. The number of nitrogens with one attached hydrogen (secondary N) is 1. The number of anilines is 3. The van der Waals surface area contributed by atoms with Crippen LogP contribution in [-0.4, -0.2) is 35.5 Å². The molecule has 1 atom stereocenters. The van der Waals surface area contributed by atoms with Crippen LogP contribution in [-0.2, 0) is 4.79 Å². The van der Waals surface area contributed by atoms with Gasteiger partial charge in [-0.1, -0.05) is 18.2 Å². The molecule has 0 aromatic heterocycles. The minimum atomic E-state index is -0.260. The van der Waals surface area contributed by atoms with Gasteiger partial charge in [-0.3, -0.25) is 9.69 Å². The highest BCUT2D eigenvalue weighted by Crippen LogP contribution is 2.26. The van der Waals surface area contributed by atoms with E-state index in [1.807, 2.05) is 56.3 Å². The lowest BCUT2D eigenvalue weighted by Crippen LogP contribution is -2.44. The van der Waals surface area contributed by atoms with E-state index in [0.717, 1.165) is 5.69 Å². The Morgan fingerprint density at radius 2 is 1.73 bits per heavy atom. The lowest BCUT2D eigenvalue weighted by atomic mass is 10.2. The van der Waals surface area contributed by atoms with Crippen molar-refractivity contribution in [1.82, 2.24) is 10.2 Å². The number of carbonyl (C=O) groups excluding carboxylic acids is 2. The number of urea groups is 1. The van der Waals surface area contributed by atoms with Crippen molar-refractivity contribution in [2.45, 2.75) is 32.4 Å². The first-order chi connectivity index (χ1) is 12.5. The van der Waals surface area contributed by atoms with Gasteiger partial charge in [-0.15, -0.1) is 0 Å². The summed E-state index contributed by atoms with van der Waals surface area (Å²) < 4.78 is 0. The smallest absolute Gasteiger partial charge is 0.326 e. The average molecular weight is 352 g/mol. The van der Waals surface area contributed by atoms with Crippen molar-refractivity contribution < 1.29 is 9.59 Å². The van der Waals surface area contributed by atoms with Crippen LogP contribution >= 0.6 is 0 Å². The van der Waals surface area contributed by atoms with Crippen LogP contribution in [0.5, 0.6) is 0 Å². The minimum absolute atomic E-state index is 0.0732. The van der Waals surface area contributed by atoms with Crippen LogP contribution in [0.25, 0.3) is 0 Å². The number of benzene rings is 2. The predicted octanol–water partition coefficient (Wildman–Crippen LogP) is 3.13. The van der Waals surface area contributed by atoms with Crippen molar-refractivity contribution in [1.29, 1.82) is 0 Å². The summed E-state index contributed by atoms with van der Waals surface area (Å²) in [5.74, 6) is 0.0732. The Bertz CT molecular complexity index is 774. The Kier molecular flexibility index (Phi) is 5.11. The second-order valence-electron chi connectivity index (χ2n) is 6.75. The summed E-state index contributed by atoms with van der Waals surface area (Å²) in [7, 11) is 0. The van der Waals surface area contributed by atoms with E-state index < -0.39 is 0 Å². The minimum Gasteiger partial charge on any atom is -0.399 e. The van der Waals surface area contributed by atoms with E-state index in [2.05, 4.69) is 5.32 Å². The first-order valence-corrected chi connectivity index (χ1v) is 8.76. The van der Waals surface area contributed by atoms with Gasteiger partial charge in [-0.2, -0.15) is 0 Å². The van der Waals surface area contributed by atoms with E-state index in [1.54, 1.807) is 21.9 Å². The molecule has 0 bridgehead atoms. The number of nitrogen functional groups attached to an aromatic ring is 1. The molecule has 1 aliphatic rings. The number of hydrogen-bond donors (Lipinski definition) is 2. The number of rotatable bonds is 4. The zero-order valence-electron chi connectivity index (χ0n) is 15.1. The van der Waals surface area contributed by atoms with Gasteiger partial charge in [0, 0.05) is 24.7 Å². The van der Waals surface area contributed by atoms with Crippen molar-refractivity contribution in [2.75, 3.05) is 17.2 Å². The van der Waals surface area contributed by atoms with Gasteiger partial charge >= 0.3 is 6.03 Å². The first kappa shape index (κ1) is 17.8. The van der Waals surface area contributed by atoms with Crippen molar-refractivity contribution >= 4 is 29.0 Å². The SMILES string of the molecule is CC(C)N1CC(NC(=O)N(c2ccccc2)c2ccc(N)cc2)CC1=O. The second kappa shape index (κ2) is 7.47. The first-order valence-electron chi connectivity index (χ1n) is 8.76. The number of nitrogens with zero attached hydrogens (tertiary/aromatic N) is 2. The van der Waals surface area contributed by atoms with Crippen LogP contribution in [0.1, 0.15) is 20.3 Å². The lowest BCUT2D eigenvalue weighted by molar-refractivity contribution is -0.129. The van der Waals surface area contributed by atoms with Gasteiger partial charge in [0.2, 0.25) is 5.91 Å². The van der Waals surface area contributed by atoms with Crippen molar-refractivity contribution in [3.63, 3.8) is 0 Å². The molecular weight excluding hydrogens is 328 g/mol. The molecular formula is C20H24N4O2. The third-order valence-electron chi connectivity index (χ3n) is 4.48. The Morgan fingerprint density at radius 3 is 2.31 bits per heavy atom. The molecule has 136 valence electrons. The quantitative estimate of drug-likeness (QED) is 0.830. The standard InChI is InChI=1S/C20H24N4O2/c1-14(2)23-13-16(12-19(23)25)22-20(26)24(17-6-4-3-5-7-17)18-10-8-15(21)9-11-18/h3-11,14,16H,12-13,21H2,1-2H3,(H,22,26). The predicted molar refractivity (Wildman–Crippen MR) is 103 cm³/mol. The molecule has 6 heteroatoms. The molecule has 3 amide bonds. The number of hydrogen-bond acceptors (Lipinski definition) is 3. The number of likely N-dealkylation sites (tertiary alicyclic amines) is 1. The Balaban J connectivity index is 1.82. The van der Waals surface area contributed by atoms with E-state index in [-0.39, 0.29) is 24.0 Å². The molecule has 0 radical (unpaired) electrons. The van der Waals surface area contributed by atoms with Crippen LogP contribution in [0.2, 0.25) is 0 Å². The van der Waals surface area contributed by atoms with Gasteiger partial charge in [0.1, 0.15) is 0 Å². The van der Waals surface area contributed by atoms with Crippen LogP contribution in [0.4, 0.5) is 21.9 Å². The molecule has 0 saturated carbocycles. The number of carbonyl (C=O) groups is 2. The van der Waals surface area contributed by atoms with E-state index >= 15 is 0 Å². The summed E-state index contributed by atoms with van der Waals surface area (Å²) in [6.45, 7) is 4.49. The molecule has 26 heavy (non-hydrogen) atoms. The molecule has 6 nitrogen and oxygen atoms in total. The molecule has 1 saturated heterocycles. The van der Waals surface area contributed by atoms with Gasteiger partial charge in [0.15, 0.2) is 0 Å². The molecule has 3 rings (SSSR count). The molecule has 0 aliphatic carbocycles. The van der Waals surface area contributed by atoms with Crippen LogP contribution < -0.4 is 16.0 Å². The van der Waals surface area contributed by atoms with Gasteiger partial charge in [0.25, 0.3) is 0 Å². The topological polar surface area (TPSA) is 78.7 Å². The average Bonchev–Trinajstić information content (AvgIpc) is 2.98. The van der Waals surface area contributed by atoms with Crippen molar-refractivity contribution in [3.8, 4) is 0 Å². The maximum absolute atomic E-state index is 13.0. The highest BCUT2D eigenvalue weighted by molar-refractivity contribution is 6.00. The maximum Gasteiger partial charge on any atom is 0.326 e. The van der Waals surface area contributed by atoms with Crippen molar-refractivity contribution in [3.05, 3.63) is 54.6 Å². The van der Waals surface area contributed by atoms with Gasteiger partial charge in [-0.05, 0) is 50.2 Å². The zero-order valence-corrected chi connectivity index (χ0v) is 15.1. The fourth-order valence-corrected chi connectivity index (χ4v) is 3.15. The van der Waals surface area contributed by atoms with Crippen LogP contribution in [0.3, 0.4) is 0 Å². The summed E-state index contributed by atoms with van der Waals surface area (Å²) in [5.41, 5.74) is 7.87. The lowest BCUT2D eigenvalue weighted by Gasteiger charge is -2.26. The third kappa shape index (κ3) is 3.79. The molecule has 3 N–H and O–H groups in total. The summed E-state index contributed by atoms with van der Waals surface area (Å²) in [6.07, 6.45) is 0.328. The largest absolute Gasteiger partial charge is 0.399 e. The highest BCUT2D eigenvalue weighted by atomic mass is 16.2. The number of amides is 3. The van der Waals surface area contributed by atoms with Crippen molar-refractivity contribution in [2.24, 2.45) is 0 Å². The number of nitrogens with two attached hydrogens (primary N) is 1. The molecule has 1 fully saturated rings. The maximum atomic E-state index is 13.0. The van der Waals surface area contributed by atoms with Crippen LogP contribution in [0, 0.1) is 0 Å². The third-order valence-corrected chi connectivity index (χ3v) is 4.48. The Hall–Kier alpha value is -3.02. The summed E-state index contributed by atoms with van der Waals surface area (Å²) in [6, 6.07) is 16.2. The van der Waals surface area contributed by atoms with Gasteiger partial charge in [0.05, 0.1) is 17.4 Å². The molecule has 2 aromatic rings. The summed E-state index contributed by atoms with van der Waals surface area (Å²) >= 11 is 0. The fraction of sp³-hybridized carbons (Fsp3) is 0.300. The molecule has 1 aliphatic heterocycles. The molecule has 1 unspecified atom stereocenters. The van der Waals surface area contributed by atoms with E-state index in [0.29, 0.717) is 24.3 Å². The molecule has 1 heterocycles. The highest BCUT2D eigenvalue weighted by Gasteiger charge is 2.33. The van der Waals surface area contributed by atoms with E-state index in [1.165, 1.54) is 0 Å². The second-order valence-corrected chi connectivity index (χ2v) is 6.75. The normalized spacial score (nSPS) is 16.8. The summed E-state index contributed by atoms with van der Waals surface area (Å²) in [5, 5.41) is 3.00. The van der Waals surface area contributed by atoms with Gasteiger partial charge < -0.3 is 16.0 Å². The van der Waals surface area contributed by atoms with E-state index in [9.17, 15) is 9.59 Å². The number of para-hydroxylation sites is 1. The Morgan fingerprint density at radius 1 is 1.12 bits per heavy atom. The monoisotopic (exact) mass is 352 g/mol. The van der Waals surface area contributed by atoms with Crippen LogP contribution in [0.15, 0.2) is 54.6 Å². The summed E-state index contributed by atoms with van der Waals surface area (Å²) in [4.78, 5) is 28.5. The fourth-order valence-electron chi connectivity index (χ4n) is 3.15. The molecule has 2 aromatic carbocycles.